The van der Waals surface area contributed by atoms with E-state index in [-0.39, 0.29) is 5.91 Å². The fraction of sp³-hybridized carbons (Fsp3) is 0.357. The molecule has 0 unspecified atom stereocenters. The number of amides is 1. The van der Waals surface area contributed by atoms with Crippen LogP contribution in [0.5, 0.6) is 0 Å². The van der Waals surface area contributed by atoms with Gasteiger partial charge in [-0.05, 0) is 25.5 Å². The van der Waals surface area contributed by atoms with Crippen molar-refractivity contribution in [1.82, 2.24) is 15.3 Å². The lowest BCUT2D eigenvalue weighted by Crippen LogP contribution is -2.23. The molecule has 2 rings (SSSR count). The molecule has 20 heavy (non-hydrogen) atoms. The molecule has 5 nitrogen and oxygen atoms in total. The maximum atomic E-state index is 12.1. The maximum Gasteiger partial charge on any atom is 0.251 e. The highest BCUT2D eigenvalue weighted by Crippen LogP contribution is 2.10. The van der Waals surface area contributed by atoms with Crippen molar-refractivity contribution in [3.63, 3.8) is 0 Å². The van der Waals surface area contributed by atoms with Crippen molar-refractivity contribution in [1.29, 1.82) is 0 Å². The molecule has 0 aliphatic rings. The number of anilines is 1. The Kier molecular flexibility index (Phi) is 5.06. The second-order valence-electron chi connectivity index (χ2n) is 4.42. The predicted octanol–water partition coefficient (Wildman–Crippen LogP) is 2.60. The first-order chi connectivity index (χ1) is 9.69. The molecule has 2 aromatic heterocycles. The summed E-state index contributed by atoms with van der Waals surface area (Å²) in [6, 6.07) is 3.47. The van der Waals surface area contributed by atoms with Gasteiger partial charge in [0, 0.05) is 29.4 Å². The zero-order valence-corrected chi connectivity index (χ0v) is 12.5. The normalized spacial score (nSPS) is 10.3. The van der Waals surface area contributed by atoms with Gasteiger partial charge in [-0.2, -0.15) is 0 Å². The van der Waals surface area contributed by atoms with Crippen molar-refractivity contribution in [2.24, 2.45) is 0 Å². The first-order valence-corrected chi connectivity index (χ1v) is 7.46. The molecule has 0 aliphatic carbocycles. The van der Waals surface area contributed by atoms with Gasteiger partial charge in [0.25, 0.3) is 5.91 Å². The Labute approximate surface area is 122 Å². The van der Waals surface area contributed by atoms with Crippen LogP contribution in [-0.2, 0) is 6.54 Å². The molecule has 0 aromatic carbocycles. The van der Waals surface area contributed by atoms with Crippen LogP contribution in [0.1, 0.15) is 34.4 Å². The molecule has 0 aliphatic heterocycles. The minimum Gasteiger partial charge on any atom is -0.370 e. The van der Waals surface area contributed by atoms with Gasteiger partial charge in [-0.25, -0.2) is 9.97 Å². The van der Waals surface area contributed by atoms with Crippen molar-refractivity contribution in [3.05, 3.63) is 40.0 Å². The quantitative estimate of drug-likeness (QED) is 0.858. The van der Waals surface area contributed by atoms with E-state index in [2.05, 4.69) is 27.5 Å². The van der Waals surface area contributed by atoms with Gasteiger partial charge in [-0.1, -0.05) is 6.92 Å². The third kappa shape index (κ3) is 4.03. The highest BCUT2D eigenvalue weighted by atomic mass is 32.1. The van der Waals surface area contributed by atoms with Crippen LogP contribution in [0.2, 0.25) is 0 Å². The van der Waals surface area contributed by atoms with Crippen molar-refractivity contribution < 1.29 is 4.79 Å². The van der Waals surface area contributed by atoms with E-state index in [0.717, 1.165) is 29.5 Å². The molecule has 106 valence electrons. The van der Waals surface area contributed by atoms with Crippen molar-refractivity contribution >= 4 is 23.1 Å². The average molecular weight is 290 g/mol. The van der Waals surface area contributed by atoms with Gasteiger partial charge in [0.2, 0.25) is 0 Å². The first kappa shape index (κ1) is 14.5. The van der Waals surface area contributed by atoms with Gasteiger partial charge in [-0.3, -0.25) is 4.79 Å². The van der Waals surface area contributed by atoms with Gasteiger partial charge < -0.3 is 10.6 Å². The van der Waals surface area contributed by atoms with Gasteiger partial charge in [0.05, 0.1) is 6.54 Å². The van der Waals surface area contributed by atoms with Crippen LogP contribution in [0.15, 0.2) is 23.7 Å². The zero-order chi connectivity index (χ0) is 14.4. The Bertz CT molecular complexity index is 582. The number of nitrogens with zero attached hydrogens (tertiary/aromatic N) is 2. The lowest BCUT2D eigenvalue weighted by atomic mass is 10.2. The van der Waals surface area contributed by atoms with Crippen LogP contribution >= 0.6 is 11.3 Å². The summed E-state index contributed by atoms with van der Waals surface area (Å²) in [5, 5.41) is 8.91. The number of aryl methyl sites for hydroxylation is 1. The number of aromatic nitrogens is 2. The molecule has 0 saturated heterocycles. The zero-order valence-electron chi connectivity index (χ0n) is 11.6. The van der Waals surface area contributed by atoms with Gasteiger partial charge in [0.15, 0.2) is 0 Å². The molecule has 0 radical (unpaired) electrons. The molecular formula is C14H18N4OS. The minimum absolute atomic E-state index is 0.111. The SMILES string of the molecule is CCCNc1cc(C(=O)NCc2nc(C)cs2)ccn1. The summed E-state index contributed by atoms with van der Waals surface area (Å²) in [6.45, 7) is 5.32. The monoisotopic (exact) mass is 290 g/mol. The largest absolute Gasteiger partial charge is 0.370 e. The van der Waals surface area contributed by atoms with Crippen molar-refractivity contribution in [3.8, 4) is 0 Å². The molecule has 2 aromatic rings. The van der Waals surface area contributed by atoms with Gasteiger partial charge in [0.1, 0.15) is 10.8 Å². The summed E-state index contributed by atoms with van der Waals surface area (Å²) in [5.74, 6) is 0.615. The highest BCUT2D eigenvalue weighted by molar-refractivity contribution is 7.09. The van der Waals surface area contributed by atoms with E-state index in [9.17, 15) is 4.79 Å². The van der Waals surface area contributed by atoms with E-state index >= 15 is 0 Å². The summed E-state index contributed by atoms with van der Waals surface area (Å²) in [4.78, 5) is 20.6. The summed E-state index contributed by atoms with van der Waals surface area (Å²) >= 11 is 1.55. The number of pyridine rings is 1. The van der Waals surface area contributed by atoms with Crippen LogP contribution in [0.4, 0.5) is 5.82 Å². The van der Waals surface area contributed by atoms with E-state index in [1.54, 1.807) is 29.7 Å². The molecule has 0 fully saturated rings. The molecule has 0 saturated carbocycles. The first-order valence-electron chi connectivity index (χ1n) is 6.58. The number of nitrogens with one attached hydrogen (secondary N) is 2. The smallest absolute Gasteiger partial charge is 0.251 e. The molecule has 1 amide bonds. The van der Waals surface area contributed by atoms with Gasteiger partial charge >= 0.3 is 0 Å². The molecule has 6 heteroatoms. The van der Waals surface area contributed by atoms with Crippen LogP contribution in [-0.4, -0.2) is 22.4 Å². The van der Waals surface area contributed by atoms with E-state index in [1.165, 1.54) is 0 Å². The van der Waals surface area contributed by atoms with Crippen LogP contribution < -0.4 is 10.6 Å². The average Bonchev–Trinajstić information content (AvgIpc) is 2.88. The van der Waals surface area contributed by atoms with E-state index in [4.69, 9.17) is 0 Å². The maximum absolute atomic E-state index is 12.1. The Morgan fingerprint density at radius 2 is 2.30 bits per heavy atom. The third-order valence-corrected chi connectivity index (χ3v) is 3.61. The second kappa shape index (κ2) is 7.00. The summed E-state index contributed by atoms with van der Waals surface area (Å²) in [6.07, 6.45) is 2.65. The number of hydrogen-bond donors (Lipinski definition) is 2. The molecule has 0 atom stereocenters. The molecule has 2 N–H and O–H groups in total. The number of rotatable bonds is 6. The number of hydrogen-bond acceptors (Lipinski definition) is 5. The van der Waals surface area contributed by atoms with Crippen LogP contribution in [0, 0.1) is 6.92 Å². The summed E-state index contributed by atoms with van der Waals surface area (Å²) in [5.41, 5.74) is 1.58. The minimum atomic E-state index is -0.111. The summed E-state index contributed by atoms with van der Waals surface area (Å²) in [7, 11) is 0. The molecule has 2 heterocycles. The Balaban J connectivity index is 1.94. The second-order valence-corrected chi connectivity index (χ2v) is 5.36. The van der Waals surface area contributed by atoms with Gasteiger partial charge in [-0.15, -0.1) is 11.3 Å². The van der Waals surface area contributed by atoms with E-state index in [1.807, 2.05) is 12.3 Å². The van der Waals surface area contributed by atoms with E-state index < -0.39 is 0 Å². The fourth-order valence-corrected chi connectivity index (χ4v) is 2.37. The number of thiazole rings is 1. The topological polar surface area (TPSA) is 66.9 Å². The van der Waals surface area contributed by atoms with Crippen LogP contribution in [0.3, 0.4) is 0 Å². The lowest BCUT2D eigenvalue weighted by molar-refractivity contribution is 0.0951. The number of carbonyl (C=O) groups is 1. The molecular weight excluding hydrogens is 272 g/mol. The lowest BCUT2D eigenvalue weighted by Gasteiger charge is -2.06. The highest BCUT2D eigenvalue weighted by Gasteiger charge is 2.07. The summed E-state index contributed by atoms with van der Waals surface area (Å²) < 4.78 is 0. The van der Waals surface area contributed by atoms with Crippen molar-refractivity contribution in [2.45, 2.75) is 26.8 Å². The standard InChI is InChI=1S/C14H18N4OS/c1-3-5-15-12-7-11(4-6-16-12)14(19)17-8-13-18-10(2)9-20-13/h4,6-7,9H,3,5,8H2,1-2H3,(H,15,16)(H,17,19). The Hall–Kier alpha value is -1.95. The predicted molar refractivity (Wildman–Crippen MR) is 81.0 cm³/mol. The Morgan fingerprint density at radius 3 is 3.00 bits per heavy atom. The number of carbonyl (C=O) groups excluding carboxylic acids is 1. The van der Waals surface area contributed by atoms with Crippen molar-refractivity contribution in [2.75, 3.05) is 11.9 Å². The fourth-order valence-electron chi connectivity index (χ4n) is 1.66. The third-order valence-electron chi connectivity index (χ3n) is 2.64. The molecule has 0 bridgehead atoms. The Morgan fingerprint density at radius 1 is 1.45 bits per heavy atom. The molecule has 0 spiro atoms. The van der Waals surface area contributed by atoms with Crippen LogP contribution in [0.25, 0.3) is 0 Å². The van der Waals surface area contributed by atoms with E-state index in [0.29, 0.717) is 12.1 Å².